The molecule has 0 aliphatic carbocycles. The van der Waals surface area contributed by atoms with E-state index in [2.05, 4.69) is 22.5 Å². The first-order chi connectivity index (χ1) is 7.26. The Balaban J connectivity index is 2.78. The van der Waals surface area contributed by atoms with Crippen molar-refractivity contribution in [3.63, 3.8) is 0 Å². The highest BCUT2D eigenvalue weighted by molar-refractivity contribution is 5.89. The lowest BCUT2D eigenvalue weighted by Gasteiger charge is -2.03. The van der Waals surface area contributed by atoms with Crippen LogP contribution in [-0.4, -0.2) is 24.8 Å². The van der Waals surface area contributed by atoms with Gasteiger partial charge in [0.15, 0.2) is 0 Å². The summed E-state index contributed by atoms with van der Waals surface area (Å²) in [5, 5.41) is 13.6. The molecule has 0 atom stereocenters. The standard InChI is InChI=1S/C11H12N2O2/c1-12-11(15)13-10-6-2-4-9(8-10)5-3-7-14/h2,4,6,8,14H,7H2,1H3,(H2,12,13,15). The average Bonchev–Trinajstić information content (AvgIpc) is 2.26. The number of rotatable bonds is 1. The van der Waals surface area contributed by atoms with Gasteiger partial charge < -0.3 is 15.7 Å². The van der Waals surface area contributed by atoms with E-state index in [9.17, 15) is 4.79 Å². The van der Waals surface area contributed by atoms with Gasteiger partial charge in [0.05, 0.1) is 0 Å². The molecule has 4 heteroatoms. The van der Waals surface area contributed by atoms with Crippen LogP contribution in [0.5, 0.6) is 0 Å². The SMILES string of the molecule is CNC(=O)Nc1cccc(C#CCO)c1. The van der Waals surface area contributed by atoms with Gasteiger partial charge in [0.1, 0.15) is 6.61 Å². The van der Waals surface area contributed by atoms with Crippen molar-refractivity contribution in [3.05, 3.63) is 29.8 Å². The van der Waals surface area contributed by atoms with E-state index in [0.29, 0.717) is 5.69 Å². The van der Waals surface area contributed by atoms with Gasteiger partial charge in [0, 0.05) is 18.3 Å². The second-order valence-electron chi connectivity index (χ2n) is 2.74. The first kappa shape index (κ1) is 11.1. The lowest BCUT2D eigenvalue weighted by atomic mass is 10.2. The fourth-order valence-electron chi connectivity index (χ4n) is 1.01. The van der Waals surface area contributed by atoms with Crippen molar-refractivity contribution in [2.45, 2.75) is 0 Å². The molecule has 78 valence electrons. The first-order valence-electron chi connectivity index (χ1n) is 4.45. The van der Waals surface area contributed by atoms with E-state index in [1.165, 1.54) is 0 Å². The van der Waals surface area contributed by atoms with Crippen LogP contribution in [0.4, 0.5) is 10.5 Å². The molecule has 0 saturated heterocycles. The van der Waals surface area contributed by atoms with Crippen LogP contribution in [0.2, 0.25) is 0 Å². The van der Waals surface area contributed by atoms with Gasteiger partial charge in [-0.3, -0.25) is 0 Å². The number of hydrogen-bond acceptors (Lipinski definition) is 2. The fraction of sp³-hybridized carbons (Fsp3) is 0.182. The van der Waals surface area contributed by atoms with Gasteiger partial charge in [-0.25, -0.2) is 4.79 Å². The van der Waals surface area contributed by atoms with Gasteiger partial charge >= 0.3 is 6.03 Å². The Labute approximate surface area is 88.3 Å². The van der Waals surface area contributed by atoms with Crippen LogP contribution in [0.3, 0.4) is 0 Å². The molecule has 0 unspecified atom stereocenters. The second-order valence-corrected chi connectivity index (χ2v) is 2.74. The molecule has 0 aliphatic heterocycles. The Bertz CT molecular complexity index is 405. The molecule has 0 saturated carbocycles. The Morgan fingerprint density at radius 2 is 2.33 bits per heavy atom. The second kappa shape index (κ2) is 5.68. The molecule has 1 aromatic rings. The van der Waals surface area contributed by atoms with Gasteiger partial charge in [-0.2, -0.15) is 0 Å². The van der Waals surface area contributed by atoms with Crippen LogP contribution in [0.15, 0.2) is 24.3 Å². The molecule has 0 bridgehead atoms. The number of amides is 2. The maximum Gasteiger partial charge on any atom is 0.318 e. The van der Waals surface area contributed by atoms with Crippen molar-refractivity contribution in [3.8, 4) is 11.8 Å². The number of carbonyl (C=O) groups is 1. The number of hydrogen-bond donors (Lipinski definition) is 3. The minimum absolute atomic E-state index is 0.174. The summed E-state index contributed by atoms with van der Waals surface area (Å²) in [5.74, 6) is 5.29. The van der Waals surface area contributed by atoms with Gasteiger partial charge in [-0.1, -0.05) is 17.9 Å². The van der Waals surface area contributed by atoms with Crippen molar-refractivity contribution in [2.24, 2.45) is 0 Å². The normalized spacial score (nSPS) is 8.67. The number of urea groups is 1. The number of aliphatic hydroxyl groups excluding tert-OH is 1. The molecular weight excluding hydrogens is 192 g/mol. The summed E-state index contributed by atoms with van der Waals surface area (Å²) in [5.41, 5.74) is 1.41. The van der Waals surface area contributed by atoms with Gasteiger partial charge in [0.25, 0.3) is 0 Å². The maximum absolute atomic E-state index is 11.0. The minimum atomic E-state index is -0.276. The smallest absolute Gasteiger partial charge is 0.318 e. The van der Waals surface area contributed by atoms with Crippen LogP contribution in [-0.2, 0) is 0 Å². The van der Waals surface area contributed by atoms with Crippen LogP contribution < -0.4 is 10.6 Å². The Hall–Kier alpha value is -1.99. The van der Waals surface area contributed by atoms with Crippen LogP contribution in [0.25, 0.3) is 0 Å². The summed E-state index contributed by atoms with van der Waals surface area (Å²) >= 11 is 0. The molecule has 0 radical (unpaired) electrons. The topological polar surface area (TPSA) is 61.4 Å². The molecule has 3 N–H and O–H groups in total. The molecule has 0 spiro atoms. The van der Waals surface area contributed by atoms with Crippen molar-refractivity contribution in [1.29, 1.82) is 0 Å². The predicted octanol–water partition coefficient (Wildman–Crippen LogP) is 0.782. The highest BCUT2D eigenvalue weighted by atomic mass is 16.2. The number of benzene rings is 1. The van der Waals surface area contributed by atoms with Crippen molar-refractivity contribution < 1.29 is 9.90 Å². The van der Waals surface area contributed by atoms with E-state index in [4.69, 9.17) is 5.11 Å². The zero-order chi connectivity index (χ0) is 11.1. The van der Waals surface area contributed by atoms with Crippen molar-refractivity contribution in [1.82, 2.24) is 5.32 Å². The summed E-state index contributed by atoms with van der Waals surface area (Å²) in [6, 6.07) is 6.81. The molecule has 2 amide bonds. The first-order valence-corrected chi connectivity index (χ1v) is 4.45. The molecular formula is C11H12N2O2. The molecule has 1 rings (SSSR count). The van der Waals surface area contributed by atoms with Gasteiger partial charge in [-0.05, 0) is 18.2 Å². The molecule has 15 heavy (non-hydrogen) atoms. The molecule has 0 aromatic heterocycles. The highest BCUT2D eigenvalue weighted by Gasteiger charge is 1.97. The lowest BCUT2D eigenvalue weighted by Crippen LogP contribution is -2.24. The Morgan fingerprint density at radius 1 is 1.53 bits per heavy atom. The predicted molar refractivity (Wildman–Crippen MR) is 58.5 cm³/mol. The Morgan fingerprint density at radius 3 is 3.00 bits per heavy atom. The third-order valence-corrected chi connectivity index (χ3v) is 1.66. The van der Waals surface area contributed by atoms with Crippen LogP contribution >= 0.6 is 0 Å². The Kier molecular flexibility index (Phi) is 4.20. The minimum Gasteiger partial charge on any atom is -0.384 e. The molecule has 0 heterocycles. The molecule has 0 fully saturated rings. The number of carbonyl (C=O) groups excluding carboxylic acids is 1. The summed E-state index contributed by atoms with van der Waals surface area (Å²) in [6.07, 6.45) is 0. The van der Waals surface area contributed by atoms with Crippen LogP contribution in [0.1, 0.15) is 5.56 Å². The fourth-order valence-corrected chi connectivity index (χ4v) is 1.01. The number of nitrogens with one attached hydrogen (secondary N) is 2. The summed E-state index contributed by atoms with van der Waals surface area (Å²) < 4.78 is 0. The number of aliphatic hydroxyl groups is 1. The third-order valence-electron chi connectivity index (χ3n) is 1.66. The summed E-state index contributed by atoms with van der Waals surface area (Å²) in [7, 11) is 1.55. The zero-order valence-corrected chi connectivity index (χ0v) is 8.37. The highest BCUT2D eigenvalue weighted by Crippen LogP contribution is 2.09. The van der Waals surface area contributed by atoms with E-state index >= 15 is 0 Å². The quantitative estimate of drug-likeness (QED) is 0.592. The summed E-state index contributed by atoms with van der Waals surface area (Å²) in [6.45, 7) is -0.174. The maximum atomic E-state index is 11.0. The van der Waals surface area contributed by atoms with E-state index in [1.54, 1.807) is 31.3 Å². The van der Waals surface area contributed by atoms with E-state index in [1.807, 2.05) is 0 Å². The monoisotopic (exact) mass is 204 g/mol. The van der Waals surface area contributed by atoms with E-state index < -0.39 is 0 Å². The van der Waals surface area contributed by atoms with Crippen molar-refractivity contribution in [2.75, 3.05) is 19.0 Å². The largest absolute Gasteiger partial charge is 0.384 e. The molecule has 0 aliphatic rings. The summed E-state index contributed by atoms with van der Waals surface area (Å²) in [4.78, 5) is 11.0. The third kappa shape index (κ3) is 3.71. The lowest BCUT2D eigenvalue weighted by molar-refractivity contribution is 0.254. The van der Waals surface area contributed by atoms with Crippen molar-refractivity contribution >= 4 is 11.7 Å². The average molecular weight is 204 g/mol. The van der Waals surface area contributed by atoms with Gasteiger partial charge in [-0.15, -0.1) is 0 Å². The molecule has 4 nitrogen and oxygen atoms in total. The van der Waals surface area contributed by atoms with Gasteiger partial charge in [0.2, 0.25) is 0 Å². The zero-order valence-electron chi connectivity index (χ0n) is 8.37. The van der Waals surface area contributed by atoms with E-state index in [0.717, 1.165) is 5.56 Å². The van der Waals surface area contributed by atoms with E-state index in [-0.39, 0.29) is 12.6 Å². The molecule has 1 aromatic carbocycles. The number of anilines is 1. The van der Waals surface area contributed by atoms with Crippen LogP contribution in [0, 0.1) is 11.8 Å².